The third kappa shape index (κ3) is 2.41. The first-order valence-corrected chi connectivity index (χ1v) is 7.62. The molecule has 0 aliphatic carbocycles. The van der Waals surface area contributed by atoms with Gasteiger partial charge in [0.1, 0.15) is 17.8 Å². The molecule has 1 amide bonds. The lowest BCUT2D eigenvalue weighted by atomic mass is 9.87. The number of nitrogens with two attached hydrogens (primary N) is 1. The number of nitrogens with one attached hydrogen (secondary N) is 1. The molecule has 2 aromatic rings. The fourth-order valence-electron chi connectivity index (χ4n) is 2.97. The van der Waals surface area contributed by atoms with Gasteiger partial charge in [0.15, 0.2) is 0 Å². The summed E-state index contributed by atoms with van der Waals surface area (Å²) in [5, 5.41) is 1.00. The monoisotopic (exact) mass is 302 g/mol. The summed E-state index contributed by atoms with van der Waals surface area (Å²) in [6.07, 6.45) is 4.69. The Balaban J connectivity index is 1.77. The van der Waals surface area contributed by atoms with Crippen LogP contribution in [0, 0.1) is 0 Å². The summed E-state index contributed by atoms with van der Waals surface area (Å²) in [5.74, 6) is 0.939. The molecule has 22 heavy (non-hydrogen) atoms. The second-order valence-corrected chi connectivity index (χ2v) is 5.90. The predicted molar refractivity (Wildman–Crippen MR) is 85.6 cm³/mol. The van der Waals surface area contributed by atoms with Crippen LogP contribution in [0.5, 0.6) is 0 Å². The lowest BCUT2D eigenvalue weighted by molar-refractivity contribution is -0.136. The molecular weight excluding hydrogens is 280 g/mol. The van der Waals surface area contributed by atoms with E-state index in [1.165, 1.54) is 0 Å². The molecule has 1 aliphatic heterocycles. The maximum Gasteiger partial charge on any atom is 0.242 e. The quantitative estimate of drug-likeness (QED) is 0.872. The summed E-state index contributed by atoms with van der Waals surface area (Å²) >= 11 is 0. The first kappa shape index (κ1) is 14.8. The Morgan fingerprint density at radius 1 is 1.45 bits per heavy atom. The summed E-state index contributed by atoms with van der Waals surface area (Å²) in [7, 11) is 1.80. The molecule has 118 valence electrons. The molecule has 3 rings (SSSR count). The lowest BCUT2D eigenvalue weighted by Gasteiger charge is -2.40. The Kier molecular flexibility index (Phi) is 3.74. The third-order valence-corrected chi connectivity index (χ3v) is 4.54. The Bertz CT molecular complexity index is 673. The Morgan fingerprint density at radius 3 is 2.86 bits per heavy atom. The van der Waals surface area contributed by atoms with E-state index in [4.69, 9.17) is 5.73 Å². The van der Waals surface area contributed by atoms with E-state index in [1.54, 1.807) is 18.3 Å². The minimum Gasteiger partial charge on any atom is -0.356 e. The van der Waals surface area contributed by atoms with E-state index in [2.05, 4.69) is 19.9 Å². The van der Waals surface area contributed by atoms with Gasteiger partial charge >= 0.3 is 0 Å². The lowest BCUT2D eigenvalue weighted by Crippen LogP contribution is -2.59. The van der Waals surface area contributed by atoms with Crippen LogP contribution in [0.25, 0.3) is 11.0 Å². The van der Waals surface area contributed by atoms with Gasteiger partial charge < -0.3 is 20.5 Å². The van der Waals surface area contributed by atoms with E-state index in [9.17, 15) is 4.79 Å². The number of likely N-dealkylation sites (N-methyl/N-ethyl adjacent to an activating group) is 1. The highest BCUT2D eigenvalue weighted by atomic mass is 16.2. The van der Waals surface area contributed by atoms with Crippen LogP contribution in [0.2, 0.25) is 0 Å². The van der Waals surface area contributed by atoms with Crippen molar-refractivity contribution in [3.63, 3.8) is 0 Å². The first-order valence-electron chi connectivity index (χ1n) is 7.62. The summed E-state index contributed by atoms with van der Waals surface area (Å²) < 4.78 is 0. The van der Waals surface area contributed by atoms with Gasteiger partial charge in [0.05, 0.1) is 10.9 Å². The van der Waals surface area contributed by atoms with Gasteiger partial charge in [-0.2, -0.15) is 0 Å². The smallest absolute Gasteiger partial charge is 0.242 e. The number of amides is 1. The van der Waals surface area contributed by atoms with Gasteiger partial charge in [-0.15, -0.1) is 0 Å². The minimum atomic E-state index is -0.758. The summed E-state index contributed by atoms with van der Waals surface area (Å²) in [6.45, 7) is 4.07. The number of rotatable bonds is 3. The van der Waals surface area contributed by atoms with Crippen molar-refractivity contribution in [1.29, 1.82) is 0 Å². The van der Waals surface area contributed by atoms with Crippen molar-refractivity contribution in [2.75, 3.05) is 31.6 Å². The minimum absolute atomic E-state index is 0.0316. The van der Waals surface area contributed by atoms with Crippen LogP contribution in [-0.4, -0.2) is 58.0 Å². The molecule has 0 spiro atoms. The van der Waals surface area contributed by atoms with Crippen molar-refractivity contribution in [3.05, 3.63) is 18.6 Å². The van der Waals surface area contributed by atoms with E-state index in [0.29, 0.717) is 19.4 Å². The maximum atomic E-state index is 12.4. The average Bonchev–Trinajstić information content (AvgIpc) is 3.03. The van der Waals surface area contributed by atoms with Crippen LogP contribution >= 0.6 is 0 Å². The fourth-order valence-corrected chi connectivity index (χ4v) is 2.97. The number of aromatic nitrogens is 3. The topological polar surface area (TPSA) is 91.1 Å². The van der Waals surface area contributed by atoms with E-state index >= 15 is 0 Å². The van der Waals surface area contributed by atoms with Gasteiger partial charge in [-0.1, -0.05) is 0 Å². The third-order valence-electron chi connectivity index (χ3n) is 4.54. The molecule has 3 heterocycles. The van der Waals surface area contributed by atoms with Crippen LogP contribution in [0.4, 0.5) is 5.82 Å². The Hall–Kier alpha value is -2.15. The second-order valence-electron chi connectivity index (χ2n) is 5.90. The van der Waals surface area contributed by atoms with Gasteiger partial charge in [-0.05, 0) is 25.8 Å². The normalized spacial score (nSPS) is 17.7. The molecule has 2 aromatic heterocycles. The number of anilines is 1. The van der Waals surface area contributed by atoms with Crippen molar-refractivity contribution < 1.29 is 4.79 Å². The second kappa shape index (κ2) is 5.57. The molecule has 0 saturated carbocycles. The highest BCUT2D eigenvalue weighted by Gasteiger charge is 2.39. The molecule has 1 aliphatic rings. The number of hydrogen-bond donors (Lipinski definition) is 2. The molecule has 0 aromatic carbocycles. The molecule has 0 unspecified atom stereocenters. The molecule has 0 atom stereocenters. The van der Waals surface area contributed by atoms with Crippen LogP contribution in [-0.2, 0) is 4.79 Å². The number of H-pyrrole nitrogens is 1. The Morgan fingerprint density at radius 2 is 2.18 bits per heavy atom. The van der Waals surface area contributed by atoms with Gasteiger partial charge in [0.2, 0.25) is 5.91 Å². The van der Waals surface area contributed by atoms with Crippen LogP contribution in [0.3, 0.4) is 0 Å². The molecule has 0 bridgehead atoms. The highest BCUT2D eigenvalue weighted by Crippen LogP contribution is 2.28. The zero-order valence-corrected chi connectivity index (χ0v) is 13.0. The van der Waals surface area contributed by atoms with Crippen molar-refractivity contribution in [2.45, 2.75) is 25.3 Å². The molecule has 3 N–H and O–H groups in total. The van der Waals surface area contributed by atoms with E-state index in [0.717, 1.165) is 29.9 Å². The summed E-state index contributed by atoms with van der Waals surface area (Å²) in [5.41, 5.74) is 6.43. The van der Waals surface area contributed by atoms with Crippen LogP contribution < -0.4 is 10.6 Å². The Labute approximate surface area is 129 Å². The van der Waals surface area contributed by atoms with Crippen LogP contribution in [0.1, 0.15) is 19.8 Å². The number of fused-ring (bicyclic) bond motifs is 1. The van der Waals surface area contributed by atoms with E-state index < -0.39 is 5.54 Å². The van der Waals surface area contributed by atoms with E-state index in [1.807, 2.05) is 19.2 Å². The van der Waals surface area contributed by atoms with Gasteiger partial charge in [0, 0.05) is 32.9 Å². The van der Waals surface area contributed by atoms with Crippen LogP contribution in [0.15, 0.2) is 18.6 Å². The average molecular weight is 302 g/mol. The van der Waals surface area contributed by atoms with Crippen molar-refractivity contribution in [3.8, 4) is 0 Å². The van der Waals surface area contributed by atoms with Crippen molar-refractivity contribution in [1.82, 2.24) is 19.9 Å². The van der Waals surface area contributed by atoms with Gasteiger partial charge in [-0.3, -0.25) is 4.79 Å². The first-order chi connectivity index (χ1) is 10.5. The molecule has 7 heteroatoms. The molecule has 1 saturated heterocycles. The standard InChI is InChI=1S/C15H22N6O/c1-3-20(2)14(22)15(16)5-8-21(9-6-15)13-11-4-7-17-12(11)18-10-19-13/h4,7,10H,3,5-6,8-9,16H2,1-2H3,(H,17,18,19). The largest absolute Gasteiger partial charge is 0.356 e. The number of carbonyl (C=O) groups is 1. The number of aromatic amines is 1. The van der Waals surface area contributed by atoms with Gasteiger partial charge in [-0.25, -0.2) is 9.97 Å². The maximum absolute atomic E-state index is 12.4. The number of hydrogen-bond acceptors (Lipinski definition) is 5. The molecule has 0 radical (unpaired) electrons. The van der Waals surface area contributed by atoms with Gasteiger partial charge in [0.25, 0.3) is 0 Å². The summed E-state index contributed by atoms with van der Waals surface area (Å²) in [4.78, 5) is 28.0. The van der Waals surface area contributed by atoms with Crippen molar-refractivity contribution in [2.24, 2.45) is 5.73 Å². The van der Waals surface area contributed by atoms with E-state index in [-0.39, 0.29) is 5.91 Å². The molecular formula is C15H22N6O. The predicted octanol–water partition coefficient (Wildman–Crippen LogP) is 0.734. The summed E-state index contributed by atoms with van der Waals surface area (Å²) in [6, 6.07) is 1.98. The zero-order valence-electron chi connectivity index (χ0n) is 13.0. The SMILES string of the molecule is CCN(C)C(=O)C1(N)CCN(c2ncnc3[nH]ccc23)CC1. The number of piperidine rings is 1. The molecule has 1 fully saturated rings. The molecule has 7 nitrogen and oxygen atoms in total. The number of carbonyl (C=O) groups excluding carboxylic acids is 1. The fraction of sp³-hybridized carbons (Fsp3) is 0.533. The number of nitrogens with zero attached hydrogens (tertiary/aromatic N) is 4. The highest BCUT2D eigenvalue weighted by molar-refractivity contribution is 5.88. The van der Waals surface area contributed by atoms with Crippen molar-refractivity contribution >= 4 is 22.8 Å². The zero-order chi connectivity index (χ0) is 15.7.